The Hall–Kier alpha value is -1.45. The van der Waals surface area contributed by atoms with Crippen molar-refractivity contribution in [3.63, 3.8) is 0 Å². The van der Waals surface area contributed by atoms with E-state index in [4.69, 9.17) is 0 Å². The van der Waals surface area contributed by atoms with Crippen molar-refractivity contribution in [2.45, 2.75) is 38.3 Å². The maximum Gasteiger partial charge on any atom is 0.246 e. The maximum atomic E-state index is 12.8. The standard InChI is InChI=1S/C19H32N4O4S/c1-4-6-15-18-16(23(19(15)25)28(3,26)27)8-10-22(18)17(24)7-5-9-21-13-11-20(2)12-14-21/h5,7,15-16,18H,4,6,8-14H2,1-3H3/t15-,16+,18?/m1/s1. The molecule has 9 heteroatoms. The van der Waals surface area contributed by atoms with Gasteiger partial charge in [0.05, 0.1) is 24.3 Å². The minimum absolute atomic E-state index is 0.120. The maximum absolute atomic E-state index is 12.8. The second kappa shape index (κ2) is 8.51. The molecule has 1 unspecified atom stereocenters. The van der Waals surface area contributed by atoms with Gasteiger partial charge in [0, 0.05) is 45.3 Å². The number of piperazine rings is 1. The van der Waals surface area contributed by atoms with E-state index < -0.39 is 22.0 Å². The van der Waals surface area contributed by atoms with Crippen molar-refractivity contribution in [3.05, 3.63) is 12.2 Å². The summed E-state index contributed by atoms with van der Waals surface area (Å²) in [5.74, 6) is -0.897. The van der Waals surface area contributed by atoms with Crippen LogP contribution in [-0.4, -0.2) is 104 Å². The fourth-order valence-corrected chi connectivity index (χ4v) is 5.90. The second-order valence-electron chi connectivity index (χ2n) is 8.18. The molecular formula is C19H32N4O4S. The quantitative estimate of drug-likeness (QED) is 0.571. The topological polar surface area (TPSA) is 81.2 Å². The number of sulfonamides is 1. The van der Waals surface area contributed by atoms with Crippen molar-refractivity contribution in [2.75, 3.05) is 52.6 Å². The highest BCUT2D eigenvalue weighted by atomic mass is 32.2. The van der Waals surface area contributed by atoms with Crippen LogP contribution >= 0.6 is 0 Å². The highest BCUT2D eigenvalue weighted by Crippen LogP contribution is 2.40. The molecule has 0 N–H and O–H groups in total. The van der Waals surface area contributed by atoms with Crippen LogP contribution in [0.25, 0.3) is 0 Å². The minimum Gasteiger partial charge on any atom is -0.333 e. The van der Waals surface area contributed by atoms with Crippen molar-refractivity contribution < 1.29 is 18.0 Å². The Morgan fingerprint density at radius 3 is 2.46 bits per heavy atom. The van der Waals surface area contributed by atoms with E-state index in [0.29, 0.717) is 19.4 Å². The molecule has 3 atom stereocenters. The van der Waals surface area contributed by atoms with Crippen LogP contribution in [0.5, 0.6) is 0 Å². The molecular weight excluding hydrogens is 380 g/mol. The summed E-state index contributed by atoms with van der Waals surface area (Å²) in [6.45, 7) is 7.22. The summed E-state index contributed by atoms with van der Waals surface area (Å²) in [7, 11) is -1.52. The molecule has 158 valence electrons. The third kappa shape index (κ3) is 4.26. The number of hydrogen-bond donors (Lipinski definition) is 0. The molecule has 0 aromatic carbocycles. The number of likely N-dealkylation sites (tertiary alicyclic amines) is 1. The summed E-state index contributed by atoms with van der Waals surface area (Å²) in [5.41, 5.74) is 0. The third-order valence-electron chi connectivity index (χ3n) is 6.13. The summed E-state index contributed by atoms with van der Waals surface area (Å²) in [6, 6.07) is -0.767. The van der Waals surface area contributed by atoms with Gasteiger partial charge in [0.1, 0.15) is 0 Å². The van der Waals surface area contributed by atoms with Crippen LogP contribution in [0.2, 0.25) is 0 Å². The molecule has 3 fully saturated rings. The average Bonchev–Trinajstić information content (AvgIpc) is 3.15. The normalized spacial score (nSPS) is 29.8. The fraction of sp³-hybridized carbons (Fsp3) is 0.789. The Morgan fingerprint density at radius 2 is 1.86 bits per heavy atom. The number of nitrogens with zero attached hydrogens (tertiary/aromatic N) is 4. The van der Waals surface area contributed by atoms with Gasteiger partial charge in [0.2, 0.25) is 21.8 Å². The van der Waals surface area contributed by atoms with E-state index in [1.165, 1.54) is 0 Å². The number of fused-ring (bicyclic) bond motifs is 1. The van der Waals surface area contributed by atoms with Crippen LogP contribution in [-0.2, 0) is 19.6 Å². The second-order valence-corrected chi connectivity index (χ2v) is 10.0. The molecule has 0 aliphatic carbocycles. The van der Waals surface area contributed by atoms with E-state index in [1.807, 2.05) is 13.0 Å². The molecule has 2 amide bonds. The van der Waals surface area contributed by atoms with Crippen molar-refractivity contribution in [2.24, 2.45) is 5.92 Å². The first-order valence-corrected chi connectivity index (χ1v) is 12.0. The molecule has 0 aromatic heterocycles. The molecule has 3 heterocycles. The lowest BCUT2D eigenvalue weighted by Crippen LogP contribution is -2.44. The van der Waals surface area contributed by atoms with Gasteiger partial charge in [-0.05, 0) is 19.9 Å². The van der Waals surface area contributed by atoms with Gasteiger partial charge < -0.3 is 9.80 Å². The minimum atomic E-state index is -3.63. The van der Waals surface area contributed by atoms with Crippen LogP contribution in [0, 0.1) is 5.92 Å². The van der Waals surface area contributed by atoms with E-state index in [9.17, 15) is 18.0 Å². The van der Waals surface area contributed by atoms with Crippen molar-refractivity contribution >= 4 is 21.8 Å². The fourth-order valence-electron chi connectivity index (χ4n) is 4.71. The molecule has 3 aliphatic heterocycles. The van der Waals surface area contributed by atoms with Gasteiger partial charge in [-0.3, -0.25) is 14.5 Å². The first-order valence-electron chi connectivity index (χ1n) is 10.1. The van der Waals surface area contributed by atoms with Crippen LogP contribution in [0.3, 0.4) is 0 Å². The Balaban J connectivity index is 1.68. The van der Waals surface area contributed by atoms with Crippen molar-refractivity contribution in [1.29, 1.82) is 0 Å². The van der Waals surface area contributed by atoms with Gasteiger partial charge in [0.15, 0.2) is 0 Å². The summed E-state index contributed by atoms with van der Waals surface area (Å²) in [6.07, 6.45) is 6.45. The van der Waals surface area contributed by atoms with Gasteiger partial charge in [-0.2, -0.15) is 0 Å². The summed E-state index contributed by atoms with van der Waals surface area (Å²) < 4.78 is 25.4. The molecule has 8 nitrogen and oxygen atoms in total. The van der Waals surface area contributed by atoms with Gasteiger partial charge in [0.25, 0.3) is 0 Å². The van der Waals surface area contributed by atoms with Gasteiger partial charge >= 0.3 is 0 Å². The Morgan fingerprint density at radius 1 is 1.18 bits per heavy atom. The highest BCUT2D eigenvalue weighted by molar-refractivity contribution is 7.88. The summed E-state index contributed by atoms with van der Waals surface area (Å²) in [5, 5.41) is 0. The van der Waals surface area contributed by atoms with Gasteiger partial charge in [-0.15, -0.1) is 0 Å². The molecule has 3 saturated heterocycles. The molecule has 0 radical (unpaired) electrons. The lowest BCUT2D eigenvalue weighted by atomic mass is 9.94. The summed E-state index contributed by atoms with van der Waals surface area (Å²) in [4.78, 5) is 31.9. The van der Waals surface area contributed by atoms with E-state index in [1.54, 1.807) is 11.0 Å². The zero-order chi connectivity index (χ0) is 20.5. The number of carbonyl (C=O) groups excluding carboxylic acids is 2. The van der Waals surface area contributed by atoms with Gasteiger partial charge in [-0.25, -0.2) is 12.7 Å². The number of rotatable bonds is 6. The molecule has 0 bridgehead atoms. The van der Waals surface area contributed by atoms with E-state index in [2.05, 4.69) is 16.8 Å². The number of amides is 2. The van der Waals surface area contributed by atoms with E-state index in [0.717, 1.165) is 49.7 Å². The Bertz CT molecular complexity index is 730. The predicted octanol–water partition coefficient (Wildman–Crippen LogP) is -0.0224. The van der Waals surface area contributed by atoms with Crippen LogP contribution in [0.1, 0.15) is 26.2 Å². The zero-order valence-corrected chi connectivity index (χ0v) is 17.9. The lowest BCUT2D eigenvalue weighted by Gasteiger charge is -2.31. The average molecular weight is 413 g/mol. The third-order valence-corrected chi connectivity index (χ3v) is 7.29. The monoisotopic (exact) mass is 412 g/mol. The molecule has 0 aromatic rings. The first-order chi connectivity index (χ1) is 13.2. The number of hydrogen-bond acceptors (Lipinski definition) is 6. The molecule has 0 spiro atoms. The number of carbonyl (C=O) groups is 2. The number of likely N-dealkylation sites (N-methyl/N-ethyl adjacent to an activating group) is 1. The van der Waals surface area contributed by atoms with Crippen molar-refractivity contribution in [1.82, 2.24) is 19.0 Å². The molecule has 3 rings (SSSR count). The Kier molecular flexibility index (Phi) is 6.46. The van der Waals surface area contributed by atoms with Crippen molar-refractivity contribution in [3.8, 4) is 0 Å². The zero-order valence-electron chi connectivity index (χ0n) is 17.1. The molecule has 28 heavy (non-hydrogen) atoms. The van der Waals surface area contributed by atoms with Gasteiger partial charge in [-0.1, -0.05) is 19.4 Å². The Labute approximate surface area is 168 Å². The van der Waals surface area contributed by atoms with E-state index >= 15 is 0 Å². The molecule has 0 saturated carbocycles. The first kappa shape index (κ1) is 21.3. The highest BCUT2D eigenvalue weighted by Gasteiger charge is 2.56. The van der Waals surface area contributed by atoms with E-state index in [-0.39, 0.29) is 17.9 Å². The van der Waals surface area contributed by atoms with Crippen LogP contribution in [0.4, 0.5) is 0 Å². The lowest BCUT2D eigenvalue weighted by molar-refractivity contribution is -0.130. The van der Waals surface area contributed by atoms with Crippen LogP contribution < -0.4 is 0 Å². The molecule has 3 aliphatic rings. The SMILES string of the molecule is CCC[C@H]1C(=O)N(S(C)(=O)=O)[C@H]2CCN(C(=O)C=CCN3CCN(C)CC3)C12. The summed E-state index contributed by atoms with van der Waals surface area (Å²) >= 11 is 0. The van der Waals surface area contributed by atoms with Crippen LogP contribution in [0.15, 0.2) is 12.2 Å². The largest absolute Gasteiger partial charge is 0.333 e. The smallest absolute Gasteiger partial charge is 0.246 e. The predicted molar refractivity (Wildman–Crippen MR) is 107 cm³/mol.